The van der Waals surface area contributed by atoms with Crippen molar-refractivity contribution in [2.75, 3.05) is 25.9 Å². The van der Waals surface area contributed by atoms with Crippen molar-refractivity contribution in [1.82, 2.24) is 9.80 Å². The molecule has 0 unspecified atom stereocenters. The van der Waals surface area contributed by atoms with Gasteiger partial charge < -0.3 is 9.80 Å². The molecule has 1 aliphatic heterocycles. The molecule has 1 saturated heterocycles. The number of nitrogens with zero attached hydrogens (tertiary/aromatic N) is 3. The van der Waals surface area contributed by atoms with Crippen molar-refractivity contribution in [3.05, 3.63) is 69.8 Å². The number of hydrogen-bond acceptors (Lipinski definition) is 6. The molecule has 0 N–H and O–H groups in total. The lowest BCUT2D eigenvalue weighted by Gasteiger charge is -2.38. The number of benzene rings is 2. The first-order valence-corrected chi connectivity index (χ1v) is 12.7. The maximum Gasteiger partial charge on any atom is 0.271 e. The molecular formula is C23H27N3O6S. The first kappa shape index (κ1) is 24.4. The average Bonchev–Trinajstić information content (AvgIpc) is 2.81. The number of amides is 2. The molecule has 0 radical (unpaired) electrons. The lowest BCUT2D eigenvalue weighted by Crippen LogP contribution is -2.49. The molecule has 2 aromatic rings. The Morgan fingerprint density at radius 2 is 1.73 bits per heavy atom. The van der Waals surface area contributed by atoms with Gasteiger partial charge in [-0.15, -0.1) is 0 Å². The first-order valence-electron chi connectivity index (χ1n) is 10.8. The summed E-state index contributed by atoms with van der Waals surface area (Å²) >= 11 is 0. The minimum atomic E-state index is -3.74. The average molecular weight is 474 g/mol. The number of sulfone groups is 1. The zero-order valence-corrected chi connectivity index (χ0v) is 19.5. The number of nitro groups is 1. The Kier molecular flexibility index (Phi) is 7.47. The van der Waals surface area contributed by atoms with E-state index in [9.17, 15) is 28.1 Å². The standard InChI is InChI=1S/C23H27N3O6S/c1-3-11-25(19-9-12-24(13-10-19)22(27)17-7-5-4-6-8-17)23(28)18-14-20(26(29)30)16-21(15-18)33(2,31)32/h4-8,14-16,19H,3,9-13H2,1-2H3. The molecule has 3 rings (SSSR count). The molecule has 0 atom stereocenters. The Morgan fingerprint density at radius 3 is 2.27 bits per heavy atom. The van der Waals surface area contributed by atoms with Crippen molar-refractivity contribution in [3.63, 3.8) is 0 Å². The predicted molar refractivity (Wildman–Crippen MR) is 123 cm³/mol. The monoisotopic (exact) mass is 473 g/mol. The summed E-state index contributed by atoms with van der Waals surface area (Å²) in [7, 11) is -3.74. The number of piperidine rings is 1. The Labute approximate surface area is 193 Å². The van der Waals surface area contributed by atoms with Crippen molar-refractivity contribution >= 4 is 27.3 Å². The Hall–Kier alpha value is -3.27. The Bertz CT molecular complexity index is 1140. The highest BCUT2D eigenvalue weighted by molar-refractivity contribution is 7.90. The first-order chi connectivity index (χ1) is 15.6. The predicted octanol–water partition coefficient (Wildman–Crippen LogP) is 3.16. The molecule has 0 aromatic heterocycles. The Morgan fingerprint density at radius 1 is 1.09 bits per heavy atom. The molecule has 0 saturated carbocycles. The van der Waals surface area contributed by atoms with Crippen molar-refractivity contribution in [1.29, 1.82) is 0 Å². The van der Waals surface area contributed by atoms with Gasteiger partial charge in [0.15, 0.2) is 9.84 Å². The molecule has 176 valence electrons. The van der Waals surface area contributed by atoms with Crippen LogP contribution in [0.3, 0.4) is 0 Å². The van der Waals surface area contributed by atoms with Gasteiger partial charge in [0.05, 0.1) is 9.82 Å². The van der Waals surface area contributed by atoms with Gasteiger partial charge in [-0.3, -0.25) is 19.7 Å². The van der Waals surface area contributed by atoms with Gasteiger partial charge in [0.2, 0.25) is 0 Å². The van der Waals surface area contributed by atoms with Crippen LogP contribution in [0.2, 0.25) is 0 Å². The molecule has 1 heterocycles. The van der Waals surface area contributed by atoms with Gasteiger partial charge in [-0.05, 0) is 37.5 Å². The SMILES string of the molecule is CCCN(C(=O)c1cc([N+](=O)[O-])cc(S(C)(=O)=O)c1)C1CCN(C(=O)c2ccccc2)CC1. The van der Waals surface area contributed by atoms with E-state index in [1.807, 2.05) is 25.1 Å². The maximum atomic E-state index is 13.4. The summed E-state index contributed by atoms with van der Waals surface area (Å²) in [6.45, 7) is 3.31. The highest BCUT2D eigenvalue weighted by Crippen LogP contribution is 2.25. The van der Waals surface area contributed by atoms with Gasteiger partial charge >= 0.3 is 0 Å². The molecular weight excluding hydrogens is 446 g/mol. The van der Waals surface area contributed by atoms with Gasteiger partial charge in [-0.2, -0.15) is 0 Å². The maximum absolute atomic E-state index is 13.4. The summed E-state index contributed by atoms with van der Waals surface area (Å²) in [5, 5.41) is 11.3. The number of nitro benzene ring substituents is 1. The van der Waals surface area contributed by atoms with E-state index in [-0.39, 0.29) is 22.4 Å². The van der Waals surface area contributed by atoms with Crippen LogP contribution in [-0.4, -0.2) is 66.9 Å². The quantitative estimate of drug-likeness (QED) is 0.450. The highest BCUT2D eigenvalue weighted by Gasteiger charge is 2.31. The lowest BCUT2D eigenvalue weighted by atomic mass is 10.0. The van der Waals surface area contributed by atoms with Crippen molar-refractivity contribution < 1.29 is 22.9 Å². The summed E-state index contributed by atoms with van der Waals surface area (Å²) in [5.41, 5.74) is 0.143. The van der Waals surface area contributed by atoms with Crippen LogP contribution in [0.4, 0.5) is 5.69 Å². The van der Waals surface area contributed by atoms with Crippen LogP contribution < -0.4 is 0 Å². The molecule has 9 nitrogen and oxygen atoms in total. The fourth-order valence-corrected chi connectivity index (χ4v) is 4.70. The topological polar surface area (TPSA) is 118 Å². The summed E-state index contributed by atoms with van der Waals surface area (Å²) in [5.74, 6) is -0.503. The molecule has 0 aliphatic carbocycles. The zero-order valence-electron chi connectivity index (χ0n) is 18.6. The normalized spacial score (nSPS) is 14.7. The van der Waals surface area contributed by atoms with Crippen molar-refractivity contribution in [2.45, 2.75) is 37.1 Å². The molecule has 0 spiro atoms. The number of carbonyl (C=O) groups excluding carboxylic acids is 2. The summed E-state index contributed by atoms with van der Waals surface area (Å²) in [4.78, 5) is 39.8. The fraction of sp³-hybridized carbons (Fsp3) is 0.391. The molecule has 10 heteroatoms. The minimum Gasteiger partial charge on any atom is -0.338 e. The van der Waals surface area contributed by atoms with Crippen LogP contribution in [0.25, 0.3) is 0 Å². The highest BCUT2D eigenvalue weighted by atomic mass is 32.2. The third-order valence-corrected chi connectivity index (χ3v) is 6.81. The van der Waals surface area contributed by atoms with E-state index in [1.54, 1.807) is 21.9 Å². The van der Waals surface area contributed by atoms with E-state index in [0.29, 0.717) is 44.5 Å². The van der Waals surface area contributed by atoms with Crippen molar-refractivity contribution in [3.8, 4) is 0 Å². The summed E-state index contributed by atoms with van der Waals surface area (Å²) in [6, 6.07) is 12.1. The van der Waals surface area contributed by atoms with Gasteiger partial charge in [0, 0.05) is 55.2 Å². The summed E-state index contributed by atoms with van der Waals surface area (Å²) < 4.78 is 24.0. The molecule has 2 amide bonds. The van der Waals surface area contributed by atoms with Crippen LogP contribution in [0.5, 0.6) is 0 Å². The largest absolute Gasteiger partial charge is 0.338 e. The second-order valence-electron chi connectivity index (χ2n) is 8.13. The summed E-state index contributed by atoms with van der Waals surface area (Å²) in [6.07, 6.45) is 2.75. The zero-order chi connectivity index (χ0) is 24.2. The van der Waals surface area contributed by atoms with Crippen LogP contribution in [0.15, 0.2) is 53.4 Å². The van der Waals surface area contributed by atoms with E-state index in [1.165, 1.54) is 6.07 Å². The number of hydrogen-bond donors (Lipinski definition) is 0. The molecule has 1 fully saturated rings. The third-order valence-electron chi connectivity index (χ3n) is 5.72. The van der Waals surface area contributed by atoms with Gasteiger partial charge in [0.25, 0.3) is 17.5 Å². The van der Waals surface area contributed by atoms with E-state index in [2.05, 4.69) is 0 Å². The number of non-ortho nitro benzene ring substituents is 1. The molecule has 1 aliphatic rings. The second-order valence-corrected chi connectivity index (χ2v) is 10.1. The molecule has 33 heavy (non-hydrogen) atoms. The van der Waals surface area contributed by atoms with Crippen molar-refractivity contribution in [2.24, 2.45) is 0 Å². The van der Waals surface area contributed by atoms with E-state index in [0.717, 1.165) is 18.4 Å². The van der Waals surface area contributed by atoms with Crippen LogP contribution in [-0.2, 0) is 9.84 Å². The van der Waals surface area contributed by atoms with E-state index < -0.39 is 26.4 Å². The lowest BCUT2D eigenvalue weighted by molar-refractivity contribution is -0.385. The third kappa shape index (κ3) is 5.75. The van der Waals surface area contributed by atoms with Crippen LogP contribution in [0, 0.1) is 10.1 Å². The van der Waals surface area contributed by atoms with Gasteiger partial charge in [-0.1, -0.05) is 25.1 Å². The number of carbonyl (C=O) groups is 2. The van der Waals surface area contributed by atoms with Gasteiger partial charge in [0.1, 0.15) is 0 Å². The number of likely N-dealkylation sites (tertiary alicyclic amines) is 1. The van der Waals surface area contributed by atoms with Crippen LogP contribution >= 0.6 is 0 Å². The number of rotatable bonds is 7. The van der Waals surface area contributed by atoms with E-state index >= 15 is 0 Å². The smallest absolute Gasteiger partial charge is 0.271 e. The Balaban J connectivity index is 1.81. The van der Waals surface area contributed by atoms with Crippen LogP contribution in [0.1, 0.15) is 46.9 Å². The fourth-order valence-electron chi connectivity index (χ4n) is 4.03. The molecule has 2 aromatic carbocycles. The minimum absolute atomic E-state index is 0.0270. The molecule has 0 bridgehead atoms. The van der Waals surface area contributed by atoms with Gasteiger partial charge in [-0.25, -0.2) is 8.42 Å². The van der Waals surface area contributed by atoms with E-state index in [4.69, 9.17) is 0 Å². The second kappa shape index (κ2) is 10.1.